The van der Waals surface area contributed by atoms with Gasteiger partial charge >= 0.3 is 5.97 Å². The lowest BCUT2D eigenvalue weighted by Gasteiger charge is -2.28. The van der Waals surface area contributed by atoms with Gasteiger partial charge in [0.05, 0.1) is 19.7 Å². The highest BCUT2D eigenvalue weighted by atomic mass is 32.1. The summed E-state index contributed by atoms with van der Waals surface area (Å²) in [6, 6.07) is 5.91. The number of piperidine rings is 1. The van der Waals surface area contributed by atoms with Gasteiger partial charge in [-0.1, -0.05) is 0 Å². The molecule has 1 aliphatic heterocycles. The van der Waals surface area contributed by atoms with Gasteiger partial charge in [-0.15, -0.1) is 5.10 Å². The van der Waals surface area contributed by atoms with E-state index in [1.807, 2.05) is 6.92 Å². The van der Waals surface area contributed by atoms with E-state index in [-0.39, 0.29) is 22.5 Å². The molecule has 2 heterocycles. The molecule has 1 aromatic heterocycles. The van der Waals surface area contributed by atoms with Crippen LogP contribution in [0.2, 0.25) is 0 Å². The Hall–Kier alpha value is -2.06. The van der Waals surface area contributed by atoms with E-state index in [4.69, 9.17) is 21.4 Å². The Morgan fingerprint density at radius 2 is 2.24 bits per heavy atom. The van der Waals surface area contributed by atoms with E-state index in [0.717, 1.165) is 19.4 Å². The van der Waals surface area contributed by atoms with Crippen LogP contribution in [0.4, 0.5) is 4.39 Å². The number of esters is 1. The lowest BCUT2D eigenvalue weighted by molar-refractivity contribution is -0.930. The van der Waals surface area contributed by atoms with Crippen molar-refractivity contribution in [2.75, 3.05) is 19.7 Å². The second kappa shape index (κ2) is 7.88. The quantitative estimate of drug-likeness (QED) is 0.646. The first kappa shape index (κ1) is 17.8. The van der Waals surface area contributed by atoms with Gasteiger partial charge in [-0.3, -0.25) is 4.79 Å². The number of benzene rings is 1. The normalized spacial score (nSPS) is 20.4. The minimum absolute atomic E-state index is 0.0821. The van der Waals surface area contributed by atoms with Gasteiger partial charge in [0.25, 0.3) is 4.84 Å². The van der Waals surface area contributed by atoms with E-state index in [0.29, 0.717) is 31.3 Å². The molecule has 25 heavy (non-hydrogen) atoms. The number of carbonyl (C=O) groups is 1. The SMILES string of the molecule is CCOC(=O)[C@H]1CCC[NH+](Cn2nc(-c3ccc(F)cc3)oc2=S)C1. The number of quaternary nitrogens is 1. The lowest BCUT2D eigenvalue weighted by Crippen LogP contribution is -3.13. The molecule has 0 radical (unpaired) electrons. The summed E-state index contributed by atoms with van der Waals surface area (Å²) in [7, 11) is 0. The number of carbonyl (C=O) groups excluding carboxylic acids is 1. The minimum Gasteiger partial charge on any atom is -0.466 e. The summed E-state index contributed by atoms with van der Waals surface area (Å²) in [6.45, 7) is 4.38. The van der Waals surface area contributed by atoms with Crippen molar-refractivity contribution in [3.63, 3.8) is 0 Å². The smallest absolute Gasteiger partial charge is 0.314 e. The van der Waals surface area contributed by atoms with Gasteiger partial charge in [-0.05, 0) is 56.2 Å². The first-order chi connectivity index (χ1) is 12.1. The van der Waals surface area contributed by atoms with E-state index in [1.165, 1.54) is 17.0 Å². The molecule has 134 valence electrons. The van der Waals surface area contributed by atoms with Crippen LogP contribution in [-0.2, 0) is 16.2 Å². The number of ether oxygens (including phenoxy) is 1. The minimum atomic E-state index is -0.315. The maximum atomic E-state index is 13.0. The first-order valence-corrected chi connectivity index (χ1v) is 8.81. The van der Waals surface area contributed by atoms with Crippen LogP contribution in [0, 0.1) is 16.6 Å². The highest BCUT2D eigenvalue weighted by Gasteiger charge is 2.30. The Kier molecular flexibility index (Phi) is 5.60. The van der Waals surface area contributed by atoms with Crippen molar-refractivity contribution in [2.45, 2.75) is 26.4 Å². The van der Waals surface area contributed by atoms with Crippen molar-refractivity contribution < 1.29 is 23.2 Å². The van der Waals surface area contributed by atoms with E-state index >= 15 is 0 Å². The molecule has 6 nitrogen and oxygen atoms in total. The van der Waals surface area contributed by atoms with Crippen molar-refractivity contribution >= 4 is 18.2 Å². The number of rotatable bonds is 5. The van der Waals surface area contributed by atoms with E-state index in [9.17, 15) is 9.18 Å². The maximum Gasteiger partial charge on any atom is 0.314 e. The maximum absolute atomic E-state index is 13.0. The zero-order valence-corrected chi connectivity index (χ0v) is 14.9. The highest BCUT2D eigenvalue weighted by Crippen LogP contribution is 2.18. The number of hydrogen-bond acceptors (Lipinski definition) is 5. The molecule has 0 amide bonds. The topological polar surface area (TPSA) is 61.7 Å². The van der Waals surface area contributed by atoms with E-state index < -0.39 is 0 Å². The second-order valence-corrected chi connectivity index (χ2v) is 6.48. The Morgan fingerprint density at radius 3 is 2.96 bits per heavy atom. The number of nitrogens with zero attached hydrogens (tertiary/aromatic N) is 2. The summed E-state index contributed by atoms with van der Waals surface area (Å²) in [6.07, 6.45) is 1.81. The molecule has 0 aliphatic carbocycles. The van der Waals surface area contributed by atoms with Gasteiger partial charge in [-0.2, -0.15) is 4.68 Å². The Balaban J connectivity index is 1.69. The third-order valence-corrected chi connectivity index (χ3v) is 4.60. The van der Waals surface area contributed by atoms with Gasteiger partial charge in [-0.25, -0.2) is 4.39 Å². The summed E-state index contributed by atoms with van der Waals surface area (Å²) in [5.74, 6) is -0.162. The van der Waals surface area contributed by atoms with Crippen molar-refractivity contribution in [3.8, 4) is 11.5 Å². The van der Waals surface area contributed by atoms with Crippen LogP contribution in [-0.4, -0.2) is 35.4 Å². The largest absolute Gasteiger partial charge is 0.466 e. The number of hydrogen-bond donors (Lipinski definition) is 1. The van der Waals surface area contributed by atoms with Crippen molar-refractivity contribution in [2.24, 2.45) is 5.92 Å². The molecule has 0 bridgehead atoms. The van der Waals surface area contributed by atoms with Crippen LogP contribution in [0.1, 0.15) is 19.8 Å². The molecular formula is C17H21FN3O3S+. The average molecular weight is 366 g/mol. The standard InChI is InChI=1S/C17H20FN3O3S/c1-2-23-16(22)13-4-3-9-20(10-13)11-21-17(25)24-15(19-21)12-5-7-14(18)8-6-12/h5-8,13H,2-4,9-11H2,1H3/p+1/t13-/m0/s1. The number of likely N-dealkylation sites (tertiary alicyclic amines) is 1. The Bertz CT molecular complexity index is 787. The lowest BCUT2D eigenvalue weighted by atomic mass is 9.99. The zero-order valence-electron chi connectivity index (χ0n) is 14.0. The second-order valence-electron chi connectivity index (χ2n) is 6.13. The van der Waals surface area contributed by atoms with Gasteiger partial charge in [0.1, 0.15) is 11.7 Å². The van der Waals surface area contributed by atoms with Crippen molar-refractivity contribution in [1.29, 1.82) is 0 Å². The van der Waals surface area contributed by atoms with Gasteiger partial charge in [0, 0.05) is 5.56 Å². The summed E-state index contributed by atoms with van der Waals surface area (Å²) < 4.78 is 25.3. The molecule has 0 spiro atoms. The average Bonchev–Trinajstić information content (AvgIpc) is 2.97. The molecule has 2 atom stereocenters. The third kappa shape index (κ3) is 4.32. The zero-order chi connectivity index (χ0) is 17.8. The van der Waals surface area contributed by atoms with Crippen LogP contribution < -0.4 is 4.90 Å². The fourth-order valence-corrected chi connectivity index (χ4v) is 3.27. The Morgan fingerprint density at radius 1 is 1.48 bits per heavy atom. The van der Waals surface area contributed by atoms with Gasteiger partial charge in [0.15, 0.2) is 6.67 Å². The molecule has 1 saturated heterocycles. The third-order valence-electron chi connectivity index (χ3n) is 4.31. The number of halogens is 1. The monoisotopic (exact) mass is 366 g/mol. The summed E-state index contributed by atoms with van der Waals surface area (Å²) >= 11 is 5.24. The van der Waals surface area contributed by atoms with Gasteiger partial charge in [0.2, 0.25) is 5.89 Å². The number of aromatic nitrogens is 2. The molecule has 1 aromatic carbocycles. The molecule has 2 aromatic rings. The van der Waals surface area contributed by atoms with Crippen LogP contribution in [0.25, 0.3) is 11.5 Å². The van der Waals surface area contributed by atoms with E-state index in [1.54, 1.807) is 16.8 Å². The summed E-state index contributed by atoms with van der Waals surface area (Å²) in [5.41, 5.74) is 0.671. The molecule has 8 heteroatoms. The first-order valence-electron chi connectivity index (χ1n) is 8.41. The Labute approximate surface area is 150 Å². The summed E-state index contributed by atoms with van der Waals surface area (Å²) in [4.78, 5) is 13.4. The predicted octanol–water partition coefficient (Wildman–Crippen LogP) is 1.83. The van der Waals surface area contributed by atoms with Crippen molar-refractivity contribution in [3.05, 3.63) is 34.9 Å². The summed E-state index contributed by atoms with van der Waals surface area (Å²) in [5, 5.41) is 4.40. The molecule has 0 saturated carbocycles. The molecule has 1 N–H and O–H groups in total. The number of nitrogens with one attached hydrogen (secondary N) is 1. The van der Waals surface area contributed by atoms with Gasteiger partial charge < -0.3 is 14.1 Å². The fraction of sp³-hybridized carbons (Fsp3) is 0.471. The molecule has 1 aliphatic rings. The molecule has 1 fully saturated rings. The van der Waals surface area contributed by atoms with Crippen LogP contribution in [0.15, 0.2) is 28.7 Å². The molecule has 1 unspecified atom stereocenters. The fourth-order valence-electron chi connectivity index (χ4n) is 3.08. The van der Waals surface area contributed by atoms with Crippen LogP contribution >= 0.6 is 12.2 Å². The van der Waals surface area contributed by atoms with Crippen LogP contribution in [0.5, 0.6) is 0 Å². The highest BCUT2D eigenvalue weighted by molar-refractivity contribution is 7.71. The van der Waals surface area contributed by atoms with E-state index in [2.05, 4.69) is 5.10 Å². The van der Waals surface area contributed by atoms with Crippen LogP contribution in [0.3, 0.4) is 0 Å². The molecular weight excluding hydrogens is 345 g/mol. The predicted molar refractivity (Wildman–Crippen MR) is 90.8 cm³/mol. The van der Waals surface area contributed by atoms with Crippen molar-refractivity contribution in [1.82, 2.24) is 9.78 Å². The molecule has 3 rings (SSSR count).